The maximum absolute atomic E-state index is 4.26. The third kappa shape index (κ3) is 2.34. The van der Waals surface area contributed by atoms with Crippen molar-refractivity contribution in [2.45, 2.75) is 45.3 Å². The summed E-state index contributed by atoms with van der Waals surface area (Å²) in [4.78, 5) is 0. The first kappa shape index (κ1) is 11.8. The second-order valence-corrected chi connectivity index (χ2v) is 6.11. The molecule has 0 aliphatic carbocycles. The maximum atomic E-state index is 4.26. The van der Waals surface area contributed by atoms with Crippen LogP contribution < -0.4 is 5.43 Å². The Bertz CT molecular complexity index is 359. The molecule has 1 aliphatic rings. The molecule has 0 amide bonds. The lowest BCUT2D eigenvalue weighted by molar-refractivity contribution is 0.486. The van der Waals surface area contributed by atoms with E-state index in [4.69, 9.17) is 0 Å². The van der Waals surface area contributed by atoms with Crippen LogP contribution >= 0.6 is 11.8 Å². The van der Waals surface area contributed by atoms with Gasteiger partial charge in [-0.3, -0.25) is 0 Å². The summed E-state index contributed by atoms with van der Waals surface area (Å²) in [5, 5.41) is 9.49. The van der Waals surface area contributed by atoms with Gasteiger partial charge in [-0.1, -0.05) is 39.5 Å². The van der Waals surface area contributed by atoms with Gasteiger partial charge >= 0.3 is 0 Å². The number of aromatic nitrogens is 3. The fourth-order valence-electron chi connectivity index (χ4n) is 1.73. The molecule has 0 saturated heterocycles. The van der Waals surface area contributed by atoms with Crippen molar-refractivity contribution in [3.05, 3.63) is 5.82 Å². The normalized spacial score (nSPS) is 20.0. The van der Waals surface area contributed by atoms with Gasteiger partial charge < -0.3 is 5.43 Å². The van der Waals surface area contributed by atoms with Crippen molar-refractivity contribution < 1.29 is 0 Å². The standard InChI is InChI=1S/C11H20N4S/c1-7(2)5-10-12-13-11-15(10)14-9(6-16-11)8(3)4/h7-9,14H,5-6H2,1-4H3. The van der Waals surface area contributed by atoms with Crippen molar-refractivity contribution in [3.63, 3.8) is 0 Å². The summed E-state index contributed by atoms with van der Waals surface area (Å²) in [5.74, 6) is 3.38. The van der Waals surface area contributed by atoms with Gasteiger partial charge in [-0.05, 0) is 11.8 Å². The Morgan fingerprint density at radius 3 is 2.75 bits per heavy atom. The molecule has 16 heavy (non-hydrogen) atoms. The molecule has 5 heteroatoms. The molecule has 0 bridgehead atoms. The zero-order chi connectivity index (χ0) is 11.7. The first-order chi connectivity index (χ1) is 7.58. The lowest BCUT2D eigenvalue weighted by Crippen LogP contribution is -2.39. The summed E-state index contributed by atoms with van der Waals surface area (Å²) in [6.07, 6.45) is 0.978. The Balaban J connectivity index is 2.17. The van der Waals surface area contributed by atoms with E-state index >= 15 is 0 Å². The highest BCUT2D eigenvalue weighted by molar-refractivity contribution is 7.99. The lowest BCUT2D eigenvalue weighted by Gasteiger charge is -2.29. The molecule has 1 atom stereocenters. The van der Waals surface area contributed by atoms with Gasteiger partial charge in [-0.25, -0.2) is 4.68 Å². The van der Waals surface area contributed by atoms with E-state index in [-0.39, 0.29) is 0 Å². The summed E-state index contributed by atoms with van der Waals surface area (Å²) < 4.78 is 2.08. The predicted octanol–water partition coefficient (Wildman–Crippen LogP) is 2.15. The number of fused-ring (bicyclic) bond motifs is 1. The number of nitrogens with zero attached hydrogens (tertiary/aromatic N) is 3. The molecule has 0 saturated carbocycles. The van der Waals surface area contributed by atoms with Crippen molar-refractivity contribution >= 4 is 11.8 Å². The van der Waals surface area contributed by atoms with Crippen molar-refractivity contribution in [2.24, 2.45) is 11.8 Å². The van der Waals surface area contributed by atoms with Crippen LogP contribution in [-0.4, -0.2) is 26.7 Å². The van der Waals surface area contributed by atoms with E-state index in [1.165, 1.54) is 0 Å². The van der Waals surface area contributed by atoms with E-state index in [1.54, 1.807) is 11.8 Å². The molecule has 1 aliphatic heterocycles. The summed E-state index contributed by atoms with van der Waals surface area (Å²) >= 11 is 1.80. The SMILES string of the molecule is CC(C)Cc1nnc2n1NC(C(C)C)CS2. The van der Waals surface area contributed by atoms with E-state index < -0.39 is 0 Å². The minimum absolute atomic E-state index is 0.513. The van der Waals surface area contributed by atoms with E-state index in [2.05, 4.69) is 48.0 Å². The van der Waals surface area contributed by atoms with Crippen LogP contribution in [0.2, 0.25) is 0 Å². The van der Waals surface area contributed by atoms with Gasteiger partial charge in [0.2, 0.25) is 5.16 Å². The Morgan fingerprint density at radius 1 is 1.38 bits per heavy atom. The highest BCUT2D eigenvalue weighted by atomic mass is 32.2. The maximum Gasteiger partial charge on any atom is 0.210 e. The van der Waals surface area contributed by atoms with Crippen LogP contribution in [-0.2, 0) is 6.42 Å². The Kier molecular flexibility index (Phi) is 3.42. The van der Waals surface area contributed by atoms with E-state index in [0.717, 1.165) is 23.2 Å². The van der Waals surface area contributed by atoms with Gasteiger partial charge in [0.05, 0.1) is 6.04 Å². The molecular formula is C11H20N4S. The van der Waals surface area contributed by atoms with Gasteiger partial charge in [-0.15, -0.1) is 10.2 Å². The topological polar surface area (TPSA) is 42.7 Å². The molecule has 2 heterocycles. The van der Waals surface area contributed by atoms with Crippen LogP contribution in [0.25, 0.3) is 0 Å². The largest absolute Gasteiger partial charge is 0.318 e. The first-order valence-corrected chi connectivity index (χ1v) is 6.90. The smallest absolute Gasteiger partial charge is 0.210 e. The van der Waals surface area contributed by atoms with E-state index in [1.807, 2.05) is 0 Å². The molecular weight excluding hydrogens is 220 g/mol. The number of thioether (sulfide) groups is 1. The second kappa shape index (κ2) is 4.65. The fourth-order valence-corrected chi connectivity index (χ4v) is 2.90. The third-order valence-corrected chi connectivity index (χ3v) is 3.83. The quantitative estimate of drug-likeness (QED) is 0.879. The fraction of sp³-hybridized carbons (Fsp3) is 0.818. The predicted molar refractivity (Wildman–Crippen MR) is 67.3 cm³/mol. The minimum atomic E-state index is 0.513. The highest BCUT2D eigenvalue weighted by Gasteiger charge is 2.24. The highest BCUT2D eigenvalue weighted by Crippen LogP contribution is 2.25. The zero-order valence-electron chi connectivity index (χ0n) is 10.4. The first-order valence-electron chi connectivity index (χ1n) is 5.91. The average molecular weight is 240 g/mol. The van der Waals surface area contributed by atoms with Crippen LogP contribution in [0.5, 0.6) is 0 Å². The molecule has 1 aromatic heterocycles. The van der Waals surface area contributed by atoms with Crippen LogP contribution in [0.4, 0.5) is 0 Å². The molecule has 1 unspecified atom stereocenters. The monoisotopic (exact) mass is 240 g/mol. The van der Waals surface area contributed by atoms with Gasteiger partial charge in [-0.2, -0.15) is 0 Å². The molecule has 1 N–H and O–H groups in total. The molecule has 0 radical (unpaired) electrons. The van der Waals surface area contributed by atoms with Crippen LogP contribution in [0.15, 0.2) is 5.16 Å². The molecule has 90 valence electrons. The molecule has 4 nitrogen and oxygen atoms in total. The summed E-state index contributed by atoms with van der Waals surface area (Å²) in [6, 6.07) is 0.513. The molecule has 0 aromatic carbocycles. The van der Waals surface area contributed by atoms with Crippen molar-refractivity contribution in [3.8, 4) is 0 Å². The van der Waals surface area contributed by atoms with E-state index in [9.17, 15) is 0 Å². The molecule has 0 spiro atoms. The number of hydrogen-bond donors (Lipinski definition) is 1. The summed E-state index contributed by atoms with van der Waals surface area (Å²) in [5.41, 5.74) is 3.52. The van der Waals surface area contributed by atoms with Crippen molar-refractivity contribution in [2.75, 3.05) is 11.2 Å². The Hall–Kier alpha value is -0.710. The second-order valence-electron chi connectivity index (χ2n) is 5.12. The summed E-state index contributed by atoms with van der Waals surface area (Å²) in [6.45, 7) is 8.90. The number of hydrogen-bond acceptors (Lipinski definition) is 4. The van der Waals surface area contributed by atoms with Crippen LogP contribution in [0.3, 0.4) is 0 Å². The van der Waals surface area contributed by atoms with Gasteiger partial charge in [0, 0.05) is 12.2 Å². The molecule has 2 rings (SSSR count). The molecule has 1 aromatic rings. The van der Waals surface area contributed by atoms with Gasteiger partial charge in [0.15, 0.2) is 5.82 Å². The number of nitrogens with one attached hydrogen (secondary N) is 1. The van der Waals surface area contributed by atoms with Gasteiger partial charge in [0.25, 0.3) is 0 Å². The minimum Gasteiger partial charge on any atom is -0.318 e. The van der Waals surface area contributed by atoms with E-state index in [0.29, 0.717) is 17.9 Å². The van der Waals surface area contributed by atoms with Crippen LogP contribution in [0, 0.1) is 11.8 Å². The Morgan fingerprint density at radius 2 is 2.12 bits per heavy atom. The zero-order valence-corrected chi connectivity index (χ0v) is 11.2. The van der Waals surface area contributed by atoms with Crippen LogP contribution in [0.1, 0.15) is 33.5 Å². The van der Waals surface area contributed by atoms with Gasteiger partial charge in [0.1, 0.15) is 0 Å². The van der Waals surface area contributed by atoms with Crippen molar-refractivity contribution in [1.82, 2.24) is 14.9 Å². The van der Waals surface area contributed by atoms with Crippen molar-refractivity contribution in [1.29, 1.82) is 0 Å². The Labute approximate surface area is 101 Å². The lowest BCUT2D eigenvalue weighted by atomic mass is 10.1. The summed E-state index contributed by atoms with van der Waals surface area (Å²) in [7, 11) is 0. The molecule has 0 fully saturated rings. The number of rotatable bonds is 3. The average Bonchev–Trinajstić information content (AvgIpc) is 2.60. The third-order valence-electron chi connectivity index (χ3n) is 2.78.